The number of alkyl halides is 1. The number of ether oxygens (including phenoxy) is 1. The fourth-order valence-electron chi connectivity index (χ4n) is 0.995. The van der Waals surface area contributed by atoms with Crippen LogP contribution in [0, 0.1) is 0 Å². The number of aliphatic hydroxyl groups excluding tert-OH is 2. The van der Waals surface area contributed by atoms with Crippen molar-refractivity contribution < 1.29 is 14.9 Å². The first-order chi connectivity index (χ1) is 4.75. The minimum Gasteiger partial charge on any atom is -0.394 e. The Morgan fingerprint density at radius 2 is 2.30 bits per heavy atom. The van der Waals surface area contributed by atoms with Crippen LogP contribution in [-0.4, -0.2) is 41.0 Å². The molecule has 0 spiro atoms. The molecular weight excluding hydrogens is 156 g/mol. The van der Waals surface area contributed by atoms with Gasteiger partial charge in [-0.2, -0.15) is 0 Å². The van der Waals surface area contributed by atoms with E-state index in [1.165, 1.54) is 0 Å². The van der Waals surface area contributed by atoms with Crippen molar-refractivity contribution in [1.82, 2.24) is 0 Å². The molecule has 0 aromatic heterocycles. The van der Waals surface area contributed by atoms with E-state index in [0.717, 1.165) is 0 Å². The maximum Gasteiger partial charge on any atom is 0.108 e. The van der Waals surface area contributed by atoms with Crippen LogP contribution in [0.5, 0.6) is 0 Å². The van der Waals surface area contributed by atoms with Crippen molar-refractivity contribution in [2.75, 3.05) is 13.2 Å². The van der Waals surface area contributed by atoms with Crippen LogP contribution in [0.1, 0.15) is 6.42 Å². The molecule has 4 heteroatoms. The quantitative estimate of drug-likeness (QED) is 0.528. The Morgan fingerprint density at radius 3 is 2.80 bits per heavy atom. The highest BCUT2D eigenvalue weighted by molar-refractivity contribution is 6.21. The molecule has 10 heavy (non-hydrogen) atoms. The summed E-state index contributed by atoms with van der Waals surface area (Å²) in [5.74, 6) is 0. The van der Waals surface area contributed by atoms with Gasteiger partial charge in [0.25, 0.3) is 0 Å². The second-order valence-corrected chi connectivity index (χ2v) is 2.95. The Labute approximate surface area is 64.6 Å². The fraction of sp³-hybridized carbons (Fsp3) is 1.00. The van der Waals surface area contributed by atoms with Crippen molar-refractivity contribution in [3.63, 3.8) is 0 Å². The molecule has 0 aliphatic carbocycles. The van der Waals surface area contributed by atoms with E-state index in [1.807, 2.05) is 0 Å². The van der Waals surface area contributed by atoms with Gasteiger partial charge in [-0.3, -0.25) is 0 Å². The zero-order valence-corrected chi connectivity index (χ0v) is 6.29. The van der Waals surface area contributed by atoms with E-state index in [4.69, 9.17) is 21.4 Å². The van der Waals surface area contributed by atoms with Crippen molar-refractivity contribution in [2.24, 2.45) is 0 Å². The molecule has 0 aromatic carbocycles. The molecule has 3 atom stereocenters. The average molecular weight is 167 g/mol. The molecule has 0 aromatic rings. The third kappa shape index (κ3) is 1.61. The standard InChI is InChI=1S/C6H11ClO3/c7-4-1-2-10-5(3-8)6(4)9/h4-6,8-9H,1-3H2/t4-,5+,6-/m0/s1. The van der Waals surface area contributed by atoms with Gasteiger partial charge in [0.05, 0.1) is 18.1 Å². The molecule has 2 N–H and O–H groups in total. The Kier molecular flexibility index (Phi) is 2.92. The highest BCUT2D eigenvalue weighted by Gasteiger charge is 2.30. The first-order valence-electron chi connectivity index (χ1n) is 3.30. The molecule has 0 amide bonds. The minimum atomic E-state index is -0.722. The SMILES string of the molecule is OC[C@H]1OCC[C@H](Cl)[C@@H]1O. The van der Waals surface area contributed by atoms with Gasteiger partial charge in [-0.15, -0.1) is 11.6 Å². The van der Waals surface area contributed by atoms with Crippen LogP contribution in [0.3, 0.4) is 0 Å². The molecule has 0 radical (unpaired) electrons. The lowest BCUT2D eigenvalue weighted by atomic mass is 10.1. The van der Waals surface area contributed by atoms with E-state index in [1.54, 1.807) is 0 Å². The molecule has 1 saturated heterocycles. The van der Waals surface area contributed by atoms with Crippen molar-refractivity contribution >= 4 is 11.6 Å². The highest BCUT2D eigenvalue weighted by Crippen LogP contribution is 2.18. The summed E-state index contributed by atoms with van der Waals surface area (Å²) in [6.07, 6.45) is -0.559. The minimum absolute atomic E-state index is 0.162. The molecule has 0 saturated carbocycles. The van der Waals surface area contributed by atoms with Gasteiger partial charge in [0.15, 0.2) is 0 Å². The summed E-state index contributed by atoms with van der Waals surface area (Å²) >= 11 is 5.70. The Morgan fingerprint density at radius 1 is 1.60 bits per heavy atom. The summed E-state index contributed by atoms with van der Waals surface area (Å²) < 4.78 is 5.03. The van der Waals surface area contributed by atoms with E-state index in [0.29, 0.717) is 13.0 Å². The Hall–Kier alpha value is 0.170. The van der Waals surface area contributed by atoms with Gasteiger partial charge in [-0.25, -0.2) is 0 Å². The van der Waals surface area contributed by atoms with Gasteiger partial charge >= 0.3 is 0 Å². The van der Waals surface area contributed by atoms with E-state index < -0.39 is 12.2 Å². The highest BCUT2D eigenvalue weighted by atomic mass is 35.5. The summed E-state index contributed by atoms with van der Waals surface area (Å²) in [7, 11) is 0. The normalized spacial score (nSPS) is 41.7. The van der Waals surface area contributed by atoms with E-state index in [-0.39, 0.29) is 12.0 Å². The van der Waals surface area contributed by atoms with Crippen LogP contribution in [0.25, 0.3) is 0 Å². The van der Waals surface area contributed by atoms with Crippen molar-refractivity contribution in [3.8, 4) is 0 Å². The maximum absolute atomic E-state index is 9.22. The summed E-state index contributed by atoms with van der Waals surface area (Å²) in [6.45, 7) is 0.362. The average Bonchev–Trinajstić information content (AvgIpc) is 1.95. The van der Waals surface area contributed by atoms with Crippen LogP contribution in [0.2, 0.25) is 0 Å². The number of hydrogen-bond acceptors (Lipinski definition) is 3. The van der Waals surface area contributed by atoms with Crippen LogP contribution >= 0.6 is 11.6 Å². The van der Waals surface area contributed by atoms with E-state index in [9.17, 15) is 5.11 Å². The lowest BCUT2D eigenvalue weighted by molar-refractivity contribution is -0.0918. The van der Waals surface area contributed by atoms with Crippen LogP contribution in [0.15, 0.2) is 0 Å². The first kappa shape index (κ1) is 8.27. The molecular formula is C6H11ClO3. The molecule has 0 bridgehead atoms. The smallest absolute Gasteiger partial charge is 0.108 e. The van der Waals surface area contributed by atoms with Crippen molar-refractivity contribution in [3.05, 3.63) is 0 Å². The summed E-state index contributed by atoms with van der Waals surface area (Å²) in [5.41, 5.74) is 0. The lowest BCUT2D eigenvalue weighted by Crippen LogP contribution is -2.43. The molecule has 1 aliphatic heterocycles. The zero-order valence-electron chi connectivity index (χ0n) is 5.53. The maximum atomic E-state index is 9.22. The van der Waals surface area contributed by atoms with Gasteiger partial charge in [0.2, 0.25) is 0 Å². The van der Waals surface area contributed by atoms with Gasteiger partial charge < -0.3 is 14.9 Å². The molecule has 1 heterocycles. The van der Waals surface area contributed by atoms with Gasteiger partial charge in [0, 0.05) is 6.61 Å². The number of hydrogen-bond donors (Lipinski definition) is 2. The molecule has 1 aliphatic rings. The predicted octanol–water partition coefficient (Wildman–Crippen LogP) is -0.264. The molecule has 3 nitrogen and oxygen atoms in total. The largest absolute Gasteiger partial charge is 0.394 e. The summed E-state index contributed by atoms with van der Waals surface area (Å²) in [5, 5.41) is 17.6. The van der Waals surface area contributed by atoms with E-state index in [2.05, 4.69) is 0 Å². The molecule has 0 unspecified atom stereocenters. The first-order valence-corrected chi connectivity index (χ1v) is 3.74. The predicted molar refractivity (Wildman–Crippen MR) is 37.1 cm³/mol. The topological polar surface area (TPSA) is 49.7 Å². The second kappa shape index (κ2) is 3.53. The Bertz CT molecular complexity index is 109. The fourth-order valence-corrected chi connectivity index (χ4v) is 1.25. The monoisotopic (exact) mass is 166 g/mol. The number of rotatable bonds is 1. The van der Waals surface area contributed by atoms with Crippen molar-refractivity contribution in [2.45, 2.75) is 24.0 Å². The molecule has 1 fully saturated rings. The van der Waals surface area contributed by atoms with Crippen molar-refractivity contribution in [1.29, 1.82) is 0 Å². The third-order valence-corrected chi connectivity index (χ3v) is 2.13. The van der Waals surface area contributed by atoms with Crippen LogP contribution in [0.4, 0.5) is 0 Å². The summed E-state index contributed by atoms with van der Waals surface area (Å²) in [6, 6.07) is 0. The molecule has 1 rings (SSSR count). The van der Waals surface area contributed by atoms with Gasteiger partial charge in [0.1, 0.15) is 6.10 Å². The molecule has 60 valence electrons. The van der Waals surface area contributed by atoms with Crippen LogP contribution < -0.4 is 0 Å². The summed E-state index contributed by atoms with van der Waals surface area (Å²) in [4.78, 5) is 0. The number of aliphatic hydroxyl groups is 2. The van der Waals surface area contributed by atoms with Gasteiger partial charge in [-0.05, 0) is 6.42 Å². The van der Waals surface area contributed by atoms with Gasteiger partial charge in [-0.1, -0.05) is 0 Å². The second-order valence-electron chi connectivity index (χ2n) is 2.39. The zero-order chi connectivity index (χ0) is 7.56. The lowest BCUT2D eigenvalue weighted by Gasteiger charge is -2.30. The third-order valence-electron chi connectivity index (χ3n) is 1.66. The van der Waals surface area contributed by atoms with Crippen LogP contribution in [-0.2, 0) is 4.74 Å². The Balaban J connectivity index is 2.42. The number of halogens is 1. The van der Waals surface area contributed by atoms with E-state index >= 15 is 0 Å².